The molecule has 2 aromatic carbocycles. The largest absolute Gasteiger partial charge is 0.288 e. The van der Waals surface area contributed by atoms with Gasteiger partial charge in [-0.1, -0.05) is 36.4 Å². The van der Waals surface area contributed by atoms with E-state index in [0.29, 0.717) is 0 Å². The van der Waals surface area contributed by atoms with Crippen LogP contribution in [0.3, 0.4) is 0 Å². The molecule has 1 nitrogen and oxygen atoms in total. The van der Waals surface area contributed by atoms with Gasteiger partial charge in [0, 0.05) is 12.4 Å². The molecule has 2 rings (SSSR count). The van der Waals surface area contributed by atoms with Crippen LogP contribution in [0.1, 0.15) is 0 Å². The van der Waals surface area contributed by atoms with Crippen LogP contribution in [-0.2, 0) is 0 Å². The lowest BCUT2D eigenvalue weighted by Crippen LogP contribution is -1.86. The molecule has 1 heteroatoms. The van der Waals surface area contributed by atoms with Gasteiger partial charge in [0.2, 0.25) is 0 Å². The summed E-state index contributed by atoms with van der Waals surface area (Å²) < 4.78 is 0. The van der Waals surface area contributed by atoms with Crippen molar-refractivity contribution in [2.24, 2.45) is 0 Å². The molecule has 1 radical (unpaired) electrons. The Morgan fingerprint density at radius 3 is 2.50 bits per heavy atom. The summed E-state index contributed by atoms with van der Waals surface area (Å²) >= 11 is 0. The molecule has 12 heavy (non-hydrogen) atoms. The van der Waals surface area contributed by atoms with Gasteiger partial charge in [0.1, 0.15) is 0 Å². The van der Waals surface area contributed by atoms with Crippen LogP contribution in [0.4, 0.5) is 5.69 Å². The molecular weight excluding hydrogens is 146 g/mol. The van der Waals surface area contributed by atoms with Gasteiger partial charge in [-0.2, -0.15) is 0 Å². The average molecular weight is 156 g/mol. The molecule has 0 heterocycles. The Bertz CT molecular complexity index is 388. The lowest BCUT2D eigenvalue weighted by molar-refractivity contribution is 1.10. The molecule has 0 atom stereocenters. The van der Waals surface area contributed by atoms with Crippen molar-refractivity contribution < 1.29 is 0 Å². The van der Waals surface area contributed by atoms with Crippen molar-refractivity contribution in [1.29, 1.82) is 0 Å². The van der Waals surface area contributed by atoms with Crippen LogP contribution < -0.4 is 5.32 Å². The fourth-order valence-electron chi connectivity index (χ4n) is 1.40. The Morgan fingerprint density at radius 2 is 1.67 bits per heavy atom. The van der Waals surface area contributed by atoms with Crippen molar-refractivity contribution in [2.75, 3.05) is 7.05 Å². The van der Waals surface area contributed by atoms with E-state index in [0.717, 1.165) is 5.69 Å². The van der Waals surface area contributed by atoms with Gasteiger partial charge in [-0.05, 0) is 11.5 Å². The van der Waals surface area contributed by atoms with Crippen molar-refractivity contribution in [3.8, 4) is 0 Å². The lowest BCUT2D eigenvalue weighted by Gasteiger charge is -2.02. The SMILES string of the molecule is C[N]c1cccc2ccccc12. The summed E-state index contributed by atoms with van der Waals surface area (Å²) in [5.41, 5.74) is 1.06. The van der Waals surface area contributed by atoms with E-state index in [1.165, 1.54) is 10.8 Å². The van der Waals surface area contributed by atoms with Crippen molar-refractivity contribution in [2.45, 2.75) is 0 Å². The van der Waals surface area contributed by atoms with Crippen molar-refractivity contribution in [1.82, 2.24) is 5.32 Å². The smallest absolute Gasteiger partial charge is 0.0649 e. The molecule has 0 N–H and O–H groups in total. The van der Waals surface area contributed by atoms with Crippen molar-refractivity contribution in [3.63, 3.8) is 0 Å². The molecule has 59 valence electrons. The summed E-state index contributed by atoms with van der Waals surface area (Å²) in [4.78, 5) is 0. The molecule has 2 aromatic rings. The van der Waals surface area contributed by atoms with Crippen LogP contribution in [0, 0.1) is 0 Å². The van der Waals surface area contributed by atoms with Gasteiger partial charge >= 0.3 is 0 Å². The molecule has 0 aliphatic carbocycles. The summed E-state index contributed by atoms with van der Waals surface area (Å²) in [5, 5.41) is 6.67. The first-order valence-corrected chi connectivity index (χ1v) is 3.99. The Hall–Kier alpha value is -1.50. The molecule has 0 amide bonds. The van der Waals surface area contributed by atoms with Gasteiger partial charge < -0.3 is 0 Å². The standard InChI is InChI=1S/C11H10N/c1-12-11-8-4-6-9-5-2-3-7-10(9)11/h2-8H,1H3. The van der Waals surface area contributed by atoms with Gasteiger partial charge in [0.15, 0.2) is 0 Å². The third-order valence-corrected chi connectivity index (χ3v) is 2.01. The normalized spacial score (nSPS) is 10.1. The fraction of sp³-hybridized carbons (Fsp3) is 0.0909. The van der Waals surface area contributed by atoms with Gasteiger partial charge in [-0.15, -0.1) is 0 Å². The Labute approximate surface area is 72.0 Å². The van der Waals surface area contributed by atoms with Gasteiger partial charge in [0.25, 0.3) is 0 Å². The van der Waals surface area contributed by atoms with Crippen molar-refractivity contribution >= 4 is 16.5 Å². The monoisotopic (exact) mass is 156 g/mol. The predicted molar refractivity (Wildman–Crippen MR) is 51.7 cm³/mol. The zero-order valence-corrected chi connectivity index (χ0v) is 6.99. The van der Waals surface area contributed by atoms with Crippen LogP contribution in [-0.4, -0.2) is 7.05 Å². The highest BCUT2D eigenvalue weighted by atomic mass is 14.8. The molecule has 0 aromatic heterocycles. The second-order valence-electron chi connectivity index (χ2n) is 2.72. The lowest BCUT2D eigenvalue weighted by atomic mass is 10.1. The molecule has 0 aliphatic heterocycles. The first-order valence-electron chi connectivity index (χ1n) is 3.99. The fourth-order valence-corrected chi connectivity index (χ4v) is 1.40. The van der Waals surface area contributed by atoms with E-state index in [4.69, 9.17) is 0 Å². The molecule has 0 saturated carbocycles. The number of rotatable bonds is 1. The molecule has 0 aliphatic rings. The number of hydrogen-bond donors (Lipinski definition) is 0. The van der Waals surface area contributed by atoms with Gasteiger partial charge in [0.05, 0.1) is 5.69 Å². The van der Waals surface area contributed by atoms with E-state index >= 15 is 0 Å². The van der Waals surface area contributed by atoms with E-state index in [1.807, 2.05) is 31.3 Å². The minimum atomic E-state index is 1.06. The molecule has 0 unspecified atom stereocenters. The quantitative estimate of drug-likeness (QED) is 0.602. The maximum Gasteiger partial charge on any atom is 0.0649 e. The zero-order chi connectivity index (χ0) is 8.39. The molecular formula is C11H10N. The second kappa shape index (κ2) is 2.86. The number of fused-ring (bicyclic) bond motifs is 1. The van der Waals surface area contributed by atoms with E-state index in [-0.39, 0.29) is 0 Å². The van der Waals surface area contributed by atoms with Crippen LogP contribution in [0.5, 0.6) is 0 Å². The average Bonchev–Trinajstić information content (AvgIpc) is 2.17. The predicted octanol–water partition coefficient (Wildman–Crippen LogP) is 2.71. The molecule has 0 spiro atoms. The molecule has 0 bridgehead atoms. The summed E-state index contributed by atoms with van der Waals surface area (Å²) in [6.45, 7) is 0. The Kier molecular flexibility index (Phi) is 1.71. The minimum Gasteiger partial charge on any atom is -0.288 e. The zero-order valence-electron chi connectivity index (χ0n) is 6.99. The maximum atomic E-state index is 4.20. The maximum absolute atomic E-state index is 4.20. The van der Waals surface area contributed by atoms with Gasteiger partial charge in [-0.25, -0.2) is 0 Å². The number of hydrogen-bond acceptors (Lipinski definition) is 0. The van der Waals surface area contributed by atoms with E-state index < -0.39 is 0 Å². The van der Waals surface area contributed by atoms with Crippen LogP contribution in [0.2, 0.25) is 0 Å². The highest BCUT2D eigenvalue weighted by Crippen LogP contribution is 2.21. The number of nitrogens with zero attached hydrogens (tertiary/aromatic N) is 1. The third kappa shape index (κ3) is 1.03. The van der Waals surface area contributed by atoms with Crippen LogP contribution in [0.25, 0.3) is 10.8 Å². The van der Waals surface area contributed by atoms with E-state index in [2.05, 4.69) is 23.5 Å². The Balaban J connectivity index is 2.79. The third-order valence-electron chi connectivity index (χ3n) is 2.01. The van der Waals surface area contributed by atoms with E-state index in [9.17, 15) is 0 Å². The number of benzene rings is 2. The summed E-state index contributed by atoms with van der Waals surface area (Å²) in [7, 11) is 1.82. The highest BCUT2D eigenvalue weighted by Gasteiger charge is 1.96. The first kappa shape index (κ1) is 7.17. The van der Waals surface area contributed by atoms with Crippen LogP contribution in [0.15, 0.2) is 42.5 Å². The summed E-state index contributed by atoms with van der Waals surface area (Å²) in [5.74, 6) is 0. The van der Waals surface area contributed by atoms with Crippen molar-refractivity contribution in [3.05, 3.63) is 42.5 Å². The minimum absolute atomic E-state index is 1.06. The second-order valence-corrected chi connectivity index (χ2v) is 2.72. The summed E-state index contributed by atoms with van der Waals surface area (Å²) in [6, 6.07) is 14.4. The first-order chi connectivity index (χ1) is 5.92. The molecule has 0 saturated heterocycles. The topological polar surface area (TPSA) is 14.1 Å². The highest BCUT2D eigenvalue weighted by molar-refractivity contribution is 5.91. The summed E-state index contributed by atoms with van der Waals surface area (Å²) in [6.07, 6.45) is 0. The van der Waals surface area contributed by atoms with Crippen LogP contribution >= 0.6 is 0 Å². The Morgan fingerprint density at radius 1 is 0.917 bits per heavy atom. The van der Waals surface area contributed by atoms with Gasteiger partial charge in [-0.3, -0.25) is 5.32 Å². The van der Waals surface area contributed by atoms with E-state index in [1.54, 1.807) is 0 Å². The molecule has 0 fully saturated rings.